The molecule has 0 amide bonds. The normalized spacial score (nSPS) is 9.94. The van der Waals surface area contributed by atoms with Crippen molar-refractivity contribution in [2.45, 2.75) is 19.4 Å². The highest BCUT2D eigenvalue weighted by molar-refractivity contribution is 6.32. The number of nitrogens with one attached hydrogen (secondary N) is 1. The lowest BCUT2D eigenvalue weighted by Crippen LogP contribution is -2.25. The van der Waals surface area contributed by atoms with Gasteiger partial charge in [-0.25, -0.2) is 4.68 Å². The quantitative estimate of drug-likeness (QED) is 0.581. The Bertz CT molecular complexity index is 465. The lowest BCUT2D eigenvalue weighted by Gasteiger charge is -2.08. The number of unbranched alkanes of at least 4 members (excludes halogenated alkanes) is 1. The van der Waals surface area contributed by atoms with Gasteiger partial charge in [-0.15, -0.1) is 12.3 Å². The fourth-order valence-electron chi connectivity index (χ4n) is 1.26. The second kappa shape index (κ2) is 6.94. The Kier molecular flexibility index (Phi) is 5.53. The Morgan fingerprint density at radius 1 is 1.65 bits per heavy atom. The zero-order chi connectivity index (χ0) is 12.7. The van der Waals surface area contributed by atoms with E-state index in [0.717, 1.165) is 11.1 Å². The van der Waals surface area contributed by atoms with Crippen molar-refractivity contribution in [2.75, 3.05) is 18.5 Å². The van der Waals surface area contributed by atoms with Crippen molar-refractivity contribution in [3.63, 3.8) is 0 Å². The van der Waals surface area contributed by atoms with Crippen LogP contribution in [0.15, 0.2) is 11.0 Å². The molecule has 17 heavy (non-hydrogen) atoms. The van der Waals surface area contributed by atoms with Crippen LogP contribution in [0.25, 0.3) is 0 Å². The summed E-state index contributed by atoms with van der Waals surface area (Å²) < 4.78 is 1.12. The van der Waals surface area contributed by atoms with E-state index in [2.05, 4.69) is 16.3 Å². The number of terminal acetylenes is 1. The summed E-state index contributed by atoms with van der Waals surface area (Å²) in [5.41, 5.74) is 0.0746. The van der Waals surface area contributed by atoms with Gasteiger partial charge < -0.3 is 10.4 Å². The minimum absolute atomic E-state index is 0.0779. The number of aliphatic hydroxyl groups excluding tert-OH is 1. The Hall–Kier alpha value is -1.51. The second-order valence-electron chi connectivity index (χ2n) is 3.36. The van der Waals surface area contributed by atoms with E-state index < -0.39 is 5.56 Å². The van der Waals surface area contributed by atoms with Crippen LogP contribution in [-0.2, 0) is 6.54 Å². The fourth-order valence-corrected chi connectivity index (χ4v) is 1.47. The highest BCUT2D eigenvalue weighted by Gasteiger charge is 2.08. The van der Waals surface area contributed by atoms with Gasteiger partial charge in [-0.05, 0) is 6.42 Å². The van der Waals surface area contributed by atoms with Crippen LogP contribution in [0.4, 0.5) is 5.69 Å². The standard InChI is InChI=1S/C11H14ClN3O2/c1-2-3-4-5-13-9-8-14-15(6-7-16)11(17)10(9)12/h1,8,13,16H,3-7H2. The van der Waals surface area contributed by atoms with Gasteiger partial charge in [0.25, 0.3) is 5.56 Å². The maximum Gasteiger partial charge on any atom is 0.287 e. The number of halogens is 1. The zero-order valence-corrected chi connectivity index (χ0v) is 10.1. The number of hydrogen-bond acceptors (Lipinski definition) is 4. The van der Waals surface area contributed by atoms with Gasteiger partial charge in [-0.2, -0.15) is 5.10 Å². The largest absolute Gasteiger partial charge is 0.394 e. The van der Waals surface area contributed by atoms with Gasteiger partial charge >= 0.3 is 0 Å². The molecule has 0 aliphatic heterocycles. The van der Waals surface area contributed by atoms with Crippen LogP contribution < -0.4 is 10.9 Å². The molecule has 0 saturated heterocycles. The fraction of sp³-hybridized carbons (Fsp3) is 0.455. The minimum atomic E-state index is -0.414. The molecule has 1 rings (SSSR count). The van der Waals surface area contributed by atoms with Gasteiger partial charge in [0.05, 0.1) is 25.0 Å². The maximum absolute atomic E-state index is 11.7. The van der Waals surface area contributed by atoms with Crippen molar-refractivity contribution in [1.82, 2.24) is 9.78 Å². The first-order valence-corrected chi connectivity index (χ1v) is 5.62. The summed E-state index contributed by atoms with van der Waals surface area (Å²) in [7, 11) is 0. The molecule has 0 radical (unpaired) electrons. The van der Waals surface area contributed by atoms with E-state index in [4.69, 9.17) is 23.1 Å². The van der Waals surface area contributed by atoms with Gasteiger partial charge in [0.2, 0.25) is 0 Å². The molecule has 0 aliphatic carbocycles. The molecule has 5 nitrogen and oxygen atoms in total. The summed E-state index contributed by atoms with van der Waals surface area (Å²) in [4.78, 5) is 11.7. The molecule has 0 saturated carbocycles. The lowest BCUT2D eigenvalue weighted by atomic mass is 10.3. The minimum Gasteiger partial charge on any atom is -0.394 e. The van der Waals surface area contributed by atoms with Crippen molar-refractivity contribution in [2.24, 2.45) is 0 Å². The van der Waals surface area contributed by atoms with Crippen LogP contribution in [0.3, 0.4) is 0 Å². The Morgan fingerprint density at radius 3 is 3.06 bits per heavy atom. The van der Waals surface area contributed by atoms with Crippen LogP contribution in [0.1, 0.15) is 12.8 Å². The molecule has 2 N–H and O–H groups in total. The van der Waals surface area contributed by atoms with Crippen LogP contribution in [0.5, 0.6) is 0 Å². The van der Waals surface area contributed by atoms with Crippen LogP contribution >= 0.6 is 11.6 Å². The second-order valence-corrected chi connectivity index (χ2v) is 3.74. The van der Waals surface area contributed by atoms with Crippen molar-refractivity contribution < 1.29 is 5.11 Å². The third kappa shape index (κ3) is 3.77. The number of hydrogen-bond donors (Lipinski definition) is 2. The first-order valence-electron chi connectivity index (χ1n) is 5.24. The highest BCUT2D eigenvalue weighted by atomic mass is 35.5. The average Bonchev–Trinajstić information content (AvgIpc) is 2.33. The number of rotatable bonds is 6. The summed E-state index contributed by atoms with van der Waals surface area (Å²) in [6.07, 6.45) is 8.05. The molecular formula is C11H14ClN3O2. The number of nitrogens with zero attached hydrogens (tertiary/aromatic N) is 2. The van der Waals surface area contributed by atoms with Crippen molar-refractivity contribution in [3.8, 4) is 12.3 Å². The molecule has 0 fully saturated rings. The molecule has 0 unspecified atom stereocenters. The van der Waals surface area contributed by atoms with E-state index in [0.29, 0.717) is 18.7 Å². The van der Waals surface area contributed by atoms with E-state index >= 15 is 0 Å². The van der Waals surface area contributed by atoms with Crippen molar-refractivity contribution >= 4 is 17.3 Å². The summed E-state index contributed by atoms with van der Waals surface area (Å²) in [6.45, 7) is 0.614. The topological polar surface area (TPSA) is 67.2 Å². The summed E-state index contributed by atoms with van der Waals surface area (Å²) in [6, 6.07) is 0. The van der Waals surface area contributed by atoms with Gasteiger partial charge in [0.15, 0.2) is 0 Å². The molecule has 0 spiro atoms. The molecule has 0 aliphatic rings. The van der Waals surface area contributed by atoms with Gasteiger partial charge in [0.1, 0.15) is 5.02 Å². The third-order valence-corrected chi connectivity index (χ3v) is 2.48. The summed E-state index contributed by atoms with van der Waals surface area (Å²) in [5.74, 6) is 2.52. The van der Waals surface area contributed by atoms with Crippen LogP contribution in [-0.4, -0.2) is 28.0 Å². The smallest absolute Gasteiger partial charge is 0.287 e. The summed E-state index contributed by atoms with van der Waals surface area (Å²) >= 11 is 5.89. The number of aliphatic hydroxyl groups is 1. The van der Waals surface area contributed by atoms with Gasteiger partial charge in [-0.1, -0.05) is 11.6 Å². The Balaban J connectivity index is 2.72. The van der Waals surface area contributed by atoms with E-state index in [1.54, 1.807) is 0 Å². The molecule has 0 aromatic carbocycles. The van der Waals surface area contributed by atoms with E-state index in [-0.39, 0.29) is 18.2 Å². The van der Waals surface area contributed by atoms with E-state index in [9.17, 15) is 4.79 Å². The molecule has 1 heterocycles. The summed E-state index contributed by atoms with van der Waals surface area (Å²) in [5, 5.41) is 15.7. The zero-order valence-electron chi connectivity index (χ0n) is 9.32. The molecule has 1 aromatic heterocycles. The van der Waals surface area contributed by atoms with E-state index in [1.807, 2.05) is 0 Å². The predicted molar refractivity (Wildman–Crippen MR) is 67.1 cm³/mol. The first kappa shape index (κ1) is 13.6. The maximum atomic E-state index is 11.7. The monoisotopic (exact) mass is 255 g/mol. The van der Waals surface area contributed by atoms with Gasteiger partial charge in [-0.3, -0.25) is 4.79 Å². The number of anilines is 1. The predicted octanol–water partition coefficient (Wildman–Crippen LogP) is 0.714. The molecule has 0 atom stereocenters. The van der Waals surface area contributed by atoms with Crippen molar-refractivity contribution in [3.05, 3.63) is 21.6 Å². The average molecular weight is 256 g/mol. The number of aromatic nitrogens is 2. The van der Waals surface area contributed by atoms with E-state index in [1.165, 1.54) is 6.20 Å². The van der Waals surface area contributed by atoms with Crippen LogP contribution in [0, 0.1) is 12.3 Å². The first-order chi connectivity index (χ1) is 8.20. The Labute approximate surface area is 104 Å². The van der Waals surface area contributed by atoms with Crippen LogP contribution in [0.2, 0.25) is 5.02 Å². The molecule has 0 bridgehead atoms. The SMILES string of the molecule is C#CCCCNc1cnn(CCO)c(=O)c1Cl. The third-order valence-electron chi connectivity index (χ3n) is 2.11. The highest BCUT2D eigenvalue weighted by Crippen LogP contribution is 2.14. The molecule has 92 valence electrons. The van der Waals surface area contributed by atoms with Crippen molar-refractivity contribution in [1.29, 1.82) is 0 Å². The van der Waals surface area contributed by atoms with Gasteiger partial charge in [0, 0.05) is 13.0 Å². The molecular weight excluding hydrogens is 242 g/mol. The lowest BCUT2D eigenvalue weighted by molar-refractivity contribution is 0.266. The Morgan fingerprint density at radius 2 is 2.41 bits per heavy atom. The molecule has 6 heteroatoms. The molecule has 1 aromatic rings.